The molecule has 0 fully saturated rings. The van der Waals surface area contributed by atoms with Crippen molar-refractivity contribution in [3.8, 4) is 0 Å². The largest absolute Gasteiger partial charge is 0.382 e. The zero-order chi connectivity index (χ0) is 36.8. The lowest BCUT2D eigenvalue weighted by atomic mass is 10.0. The highest BCUT2D eigenvalue weighted by atomic mass is 16.5. The Morgan fingerprint density at radius 3 is 0.843 bits per heavy atom. The smallest absolute Gasteiger partial charge is 0.0700 e. The van der Waals surface area contributed by atoms with E-state index >= 15 is 0 Å². The molecule has 0 aromatic carbocycles. The van der Waals surface area contributed by atoms with Crippen molar-refractivity contribution in [1.82, 2.24) is 0 Å². The van der Waals surface area contributed by atoms with Gasteiger partial charge in [-0.3, -0.25) is 0 Å². The van der Waals surface area contributed by atoms with Crippen molar-refractivity contribution in [3.63, 3.8) is 0 Å². The molecule has 308 valence electrons. The zero-order valence-corrected chi connectivity index (χ0v) is 35.9. The molecular weight excluding hydrogens is 625 g/mol. The topological polar surface area (TPSA) is 27.7 Å². The fraction of sp³-hybridized carbons (Fsp3) is 1.00. The zero-order valence-electron chi connectivity index (χ0n) is 35.9. The average Bonchev–Trinajstić information content (AvgIpc) is 3.14. The predicted molar refractivity (Wildman–Crippen MR) is 228 cm³/mol. The van der Waals surface area contributed by atoms with E-state index in [-0.39, 0.29) is 0 Å². The van der Waals surface area contributed by atoms with E-state index in [0.29, 0.717) is 19.3 Å². The molecule has 0 spiro atoms. The molecule has 0 aromatic rings. The minimum absolute atomic E-state index is 0.474. The van der Waals surface area contributed by atoms with Crippen LogP contribution in [0.1, 0.15) is 271 Å². The van der Waals surface area contributed by atoms with Gasteiger partial charge >= 0.3 is 0 Å². The summed E-state index contributed by atoms with van der Waals surface area (Å²) in [4.78, 5) is 0. The Labute approximate surface area is 323 Å². The number of hydrogen-bond acceptors (Lipinski definition) is 3. The van der Waals surface area contributed by atoms with Crippen LogP contribution in [0.25, 0.3) is 0 Å². The van der Waals surface area contributed by atoms with Crippen LogP contribution in [0.5, 0.6) is 0 Å². The molecule has 0 aliphatic heterocycles. The summed E-state index contributed by atoms with van der Waals surface area (Å²) in [5.41, 5.74) is 0. The van der Waals surface area contributed by atoms with Gasteiger partial charge < -0.3 is 14.2 Å². The first kappa shape index (κ1) is 50.9. The van der Waals surface area contributed by atoms with E-state index in [1.54, 1.807) is 7.11 Å². The van der Waals surface area contributed by atoms with Gasteiger partial charge in [0.1, 0.15) is 0 Å². The van der Waals surface area contributed by atoms with Gasteiger partial charge in [-0.1, -0.05) is 245 Å². The molecule has 0 saturated carbocycles. The molecule has 0 amide bonds. The Hall–Kier alpha value is -0.120. The average molecular weight is 723 g/mol. The number of hydrogen-bond donors (Lipinski definition) is 0. The monoisotopic (exact) mass is 723 g/mol. The first-order valence-corrected chi connectivity index (χ1v) is 24.0. The minimum atomic E-state index is 0.474. The SMILES string of the molecule is CCCCCCCCCCCCCCCCCCCCC(CCCCCCCCCCCCCCCCCCCC)OCCCCOCCOC. The molecule has 0 bridgehead atoms. The standard InChI is InChI=1S/C48H98O3/c1-4-6-8-10-12-14-16-18-20-22-24-26-28-30-32-34-36-38-42-48(51-45-41-40-44-50-47-46-49-3)43-39-37-35-33-31-29-27-25-23-21-19-17-15-13-11-9-7-5-2/h48H,4-47H2,1-3H3. The molecule has 0 heterocycles. The van der Waals surface area contributed by atoms with Gasteiger partial charge in [0.05, 0.1) is 19.3 Å². The summed E-state index contributed by atoms with van der Waals surface area (Å²) in [6.45, 7) is 7.74. The quantitative estimate of drug-likeness (QED) is 0.0585. The van der Waals surface area contributed by atoms with Crippen molar-refractivity contribution in [2.75, 3.05) is 33.5 Å². The lowest BCUT2D eigenvalue weighted by molar-refractivity contribution is 0.0280. The number of ether oxygens (including phenoxy) is 3. The molecule has 51 heavy (non-hydrogen) atoms. The van der Waals surface area contributed by atoms with E-state index in [4.69, 9.17) is 14.2 Å². The Morgan fingerprint density at radius 1 is 0.275 bits per heavy atom. The molecule has 0 radical (unpaired) electrons. The second-order valence-electron chi connectivity index (χ2n) is 16.4. The number of methoxy groups -OCH3 is 1. The second-order valence-corrected chi connectivity index (χ2v) is 16.4. The summed E-state index contributed by atoms with van der Waals surface area (Å²) in [5, 5.41) is 0. The van der Waals surface area contributed by atoms with Crippen molar-refractivity contribution in [2.24, 2.45) is 0 Å². The summed E-state index contributed by atoms with van der Waals surface area (Å²) < 4.78 is 17.2. The van der Waals surface area contributed by atoms with Gasteiger partial charge in [-0.25, -0.2) is 0 Å². The van der Waals surface area contributed by atoms with Gasteiger partial charge in [-0.15, -0.1) is 0 Å². The van der Waals surface area contributed by atoms with Gasteiger partial charge in [0.25, 0.3) is 0 Å². The fourth-order valence-corrected chi connectivity index (χ4v) is 7.66. The highest BCUT2D eigenvalue weighted by Gasteiger charge is 2.09. The Bertz CT molecular complexity index is 541. The summed E-state index contributed by atoms with van der Waals surface area (Å²) >= 11 is 0. The lowest BCUT2D eigenvalue weighted by Crippen LogP contribution is -2.14. The van der Waals surface area contributed by atoms with Crippen molar-refractivity contribution in [2.45, 2.75) is 277 Å². The third-order valence-corrected chi connectivity index (χ3v) is 11.2. The van der Waals surface area contributed by atoms with Gasteiger partial charge in [-0.2, -0.15) is 0 Å². The van der Waals surface area contributed by atoms with Crippen LogP contribution in [-0.2, 0) is 14.2 Å². The summed E-state index contributed by atoms with van der Waals surface area (Å²) in [7, 11) is 1.73. The third kappa shape index (κ3) is 46.0. The molecular formula is C48H98O3. The van der Waals surface area contributed by atoms with Gasteiger partial charge in [-0.05, 0) is 25.7 Å². The fourth-order valence-electron chi connectivity index (χ4n) is 7.66. The van der Waals surface area contributed by atoms with Crippen LogP contribution in [-0.4, -0.2) is 39.6 Å². The van der Waals surface area contributed by atoms with Crippen LogP contribution in [0.4, 0.5) is 0 Å². The maximum Gasteiger partial charge on any atom is 0.0700 e. The van der Waals surface area contributed by atoms with Crippen molar-refractivity contribution in [1.29, 1.82) is 0 Å². The molecule has 0 rings (SSSR count). The summed E-state index contributed by atoms with van der Waals surface area (Å²) in [6, 6.07) is 0. The van der Waals surface area contributed by atoms with E-state index in [1.807, 2.05) is 0 Å². The first-order chi connectivity index (χ1) is 25.3. The summed E-state index contributed by atoms with van der Waals surface area (Å²) in [5.74, 6) is 0. The molecule has 0 N–H and O–H groups in total. The molecule has 0 aromatic heterocycles. The minimum Gasteiger partial charge on any atom is -0.382 e. The van der Waals surface area contributed by atoms with E-state index in [9.17, 15) is 0 Å². The third-order valence-electron chi connectivity index (χ3n) is 11.2. The van der Waals surface area contributed by atoms with E-state index < -0.39 is 0 Å². The van der Waals surface area contributed by atoms with E-state index in [0.717, 1.165) is 26.1 Å². The van der Waals surface area contributed by atoms with Crippen LogP contribution in [0, 0.1) is 0 Å². The molecule has 0 aliphatic rings. The number of rotatable bonds is 47. The Kier molecular flexibility index (Phi) is 47.8. The van der Waals surface area contributed by atoms with Crippen molar-refractivity contribution in [3.05, 3.63) is 0 Å². The van der Waals surface area contributed by atoms with Gasteiger partial charge in [0.15, 0.2) is 0 Å². The maximum atomic E-state index is 6.46. The van der Waals surface area contributed by atoms with Crippen LogP contribution in [0.2, 0.25) is 0 Å². The molecule has 0 unspecified atom stereocenters. The van der Waals surface area contributed by atoms with Crippen LogP contribution >= 0.6 is 0 Å². The van der Waals surface area contributed by atoms with Crippen LogP contribution in [0.3, 0.4) is 0 Å². The number of unbranched alkanes of at least 4 members (excludes halogenated alkanes) is 35. The van der Waals surface area contributed by atoms with Crippen LogP contribution < -0.4 is 0 Å². The normalized spacial score (nSPS) is 11.8. The van der Waals surface area contributed by atoms with Gasteiger partial charge in [0.2, 0.25) is 0 Å². The van der Waals surface area contributed by atoms with Gasteiger partial charge in [0, 0.05) is 20.3 Å². The van der Waals surface area contributed by atoms with E-state index in [1.165, 1.54) is 244 Å². The molecule has 0 atom stereocenters. The first-order valence-electron chi connectivity index (χ1n) is 24.0. The second kappa shape index (κ2) is 47.9. The molecule has 0 aliphatic carbocycles. The van der Waals surface area contributed by atoms with Crippen LogP contribution in [0.15, 0.2) is 0 Å². The van der Waals surface area contributed by atoms with Crippen molar-refractivity contribution < 1.29 is 14.2 Å². The maximum absolute atomic E-state index is 6.46. The predicted octanol–water partition coefficient (Wildman–Crippen LogP) is 16.7. The molecule has 0 saturated heterocycles. The Balaban J connectivity index is 3.78. The van der Waals surface area contributed by atoms with Crippen molar-refractivity contribution >= 4 is 0 Å². The highest BCUT2D eigenvalue weighted by molar-refractivity contribution is 4.61. The molecule has 3 nitrogen and oxygen atoms in total. The summed E-state index contributed by atoms with van der Waals surface area (Å²) in [6.07, 6.45) is 57.2. The Morgan fingerprint density at radius 2 is 0.549 bits per heavy atom. The molecule has 3 heteroatoms. The highest BCUT2D eigenvalue weighted by Crippen LogP contribution is 2.19. The lowest BCUT2D eigenvalue weighted by Gasteiger charge is -2.18. The van der Waals surface area contributed by atoms with E-state index in [2.05, 4.69) is 13.8 Å².